The van der Waals surface area contributed by atoms with Crippen LogP contribution in [0.5, 0.6) is 0 Å². The average molecular weight is 199 g/mol. The summed E-state index contributed by atoms with van der Waals surface area (Å²) >= 11 is 0. The number of hydrogen-bond donors (Lipinski definition) is 1. The van der Waals surface area contributed by atoms with Gasteiger partial charge < -0.3 is 5.11 Å². The predicted molar refractivity (Wildman–Crippen MR) is 51.8 cm³/mol. The van der Waals surface area contributed by atoms with Gasteiger partial charge in [0.15, 0.2) is 0 Å². The molecule has 0 unspecified atom stereocenters. The third kappa shape index (κ3) is 11.1. The minimum atomic E-state index is -0.746. The molecule has 0 fully saturated rings. The summed E-state index contributed by atoms with van der Waals surface area (Å²) in [5.74, 6) is -0.746. The molecule has 0 rings (SSSR count). The number of unbranched alkanes of at least 4 members (excludes halogenated alkanes) is 2. The Hall–Kier alpha value is 1.07. The van der Waals surface area contributed by atoms with Crippen molar-refractivity contribution in [1.82, 2.24) is 4.90 Å². The molecule has 3 nitrogen and oxygen atoms in total. The van der Waals surface area contributed by atoms with E-state index in [9.17, 15) is 4.79 Å². The molecule has 4 heteroatoms. The number of carboxylic acids is 1. The molecule has 12 heavy (non-hydrogen) atoms. The molecule has 0 aromatic heterocycles. The van der Waals surface area contributed by atoms with E-state index in [4.69, 9.17) is 5.11 Å². The van der Waals surface area contributed by atoms with Crippen molar-refractivity contribution in [1.29, 1.82) is 0 Å². The summed E-state index contributed by atoms with van der Waals surface area (Å²) in [6.45, 7) is 3.18. The molecule has 0 aromatic rings. The van der Waals surface area contributed by atoms with Crippen LogP contribution in [-0.2, 0) is 4.79 Å². The Kier molecular flexibility index (Phi) is 13.1. The summed E-state index contributed by atoms with van der Waals surface area (Å²) in [5.41, 5.74) is 0. The van der Waals surface area contributed by atoms with Crippen LogP contribution in [0.15, 0.2) is 0 Å². The molecule has 0 saturated carbocycles. The molecule has 0 aliphatic heterocycles. The van der Waals surface area contributed by atoms with Crippen molar-refractivity contribution < 1.29 is 9.90 Å². The number of aliphatic carboxylic acids is 1. The Morgan fingerprint density at radius 3 is 2.42 bits per heavy atom. The van der Waals surface area contributed by atoms with E-state index in [1.807, 2.05) is 11.9 Å². The van der Waals surface area contributed by atoms with Crippen LogP contribution in [0.3, 0.4) is 0 Å². The Balaban J connectivity index is 0. The van der Waals surface area contributed by atoms with Crippen molar-refractivity contribution >= 4 is 57.4 Å². The number of rotatable bonds is 6. The van der Waals surface area contributed by atoms with Crippen LogP contribution in [0.25, 0.3) is 0 Å². The first kappa shape index (κ1) is 15.5. The zero-order chi connectivity index (χ0) is 8.69. The van der Waals surface area contributed by atoms with E-state index in [1.54, 1.807) is 0 Å². The van der Waals surface area contributed by atoms with Crippen molar-refractivity contribution in [2.45, 2.75) is 26.2 Å². The molecule has 0 aliphatic carbocycles. The first-order valence-corrected chi connectivity index (χ1v) is 4.07. The van der Waals surface area contributed by atoms with E-state index < -0.39 is 5.97 Å². The Morgan fingerprint density at radius 2 is 2.00 bits per heavy atom. The molecule has 0 spiro atoms. The molecule has 1 N–H and O–H groups in total. The molecule has 68 valence electrons. The van der Waals surface area contributed by atoms with Crippen molar-refractivity contribution in [3.63, 3.8) is 0 Å². The van der Waals surface area contributed by atoms with Gasteiger partial charge in [-0.25, -0.2) is 0 Å². The fourth-order valence-corrected chi connectivity index (χ4v) is 0.942. The van der Waals surface area contributed by atoms with E-state index in [-0.39, 0.29) is 57.9 Å². The number of carboxylic acid groups (broad SMARTS) is 1. The van der Waals surface area contributed by atoms with Gasteiger partial charge in [0.25, 0.3) is 0 Å². The maximum atomic E-state index is 10.2. The summed E-state index contributed by atoms with van der Waals surface area (Å²) in [6, 6.07) is 0. The van der Waals surface area contributed by atoms with Crippen LogP contribution in [0.1, 0.15) is 26.2 Å². The molecular formula is C8H18KNO2. The number of nitrogens with zero attached hydrogens (tertiary/aromatic N) is 1. The molecule has 0 amide bonds. The van der Waals surface area contributed by atoms with Gasteiger partial charge in [-0.2, -0.15) is 0 Å². The van der Waals surface area contributed by atoms with Crippen molar-refractivity contribution in [3.05, 3.63) is 0 Å². The van der Waals surface area contributed by atoms with Crippen LogP contribution < -0.4 is 0 Å². The van der Waals surface area contributed by atoms with Crippen LogP contribution in [0.4, 0.5) is 0 Å². The average Bonchev–Trinajstić information content (AvgIpc) is 1.86. The fourth-order valence-electron chi connectivity index (χ4n) is 0.942. The molecule has 0 aromatic carbocycles. The first-order valence-electron chi connectivity index (χ1n) is 4.07. The third-order valence-electron chi connectivity index (χ3n) is 1.55. The third-order valence-corrected chi connectivity index (χ3v) is 1.55. The first-order chi connectivity index (χ1) is 5.16. The van der Waals surface area contributed by atoms with E-state index in [0.29, 0.717) is 0 Å². The molecular weight excluding hydrogens is 181 g/mol. The molecule has 0 atom stereocenters. The van der Waals surface area contributed by atoms with Gasteiger partial charge in [0.2, 0.25) is 0 Å². The van der Waals surface area contributed by atoms with E-state index in [2.05, 4.69) is 6.92 Å². The standard InChI is InChI=1S/C8H17NO2.K.H/c1-3-4-5-6-9(2)7-8(10)11;;/h3-7H2,1-2H3,(H,10,11);;. The van der Waals surface area contributed by atoms with Gasteiger partial charge >= 0.3 is 57.4 Å². The SMILES string of the molecule is CCCCCN(C)CC(=O)O.[KH]. The molecule has 0 bridgehead atoms. The fraction of sp³-hybridized carbons (Fsp3) is 0.875. The topological polar surface area (TPSA) is 40.5 Å². The second-order valence-electron chi connectivity index (χ2n) is 2.84. The number of likely N-dealkylation sites (N-methyl/N-ethyl adjacent to an activating group) is 1. The van der Waals surface area contributed by atoms with Crippen LogP contribution in [0.2, 0.25) is 0 Å². The summed E-state index contributed by atoms with van der Waals surface area (Å²) in [5, 5.41) is 8.40. The summed E-state index contributed by atoms with van der Waals surface area (Å²) < 4.78 is 0. The summed E-state index contributed by atoms with van der Waals surface area (Å²) in [7, 11) is 1.84. The Morgan fingerprint density at radius 1 is 1.42 bits per heavy atom. The zero-order valence-electron chi connectivity index (χ0n) is 7.34. The molecule has 0 aliphatic rings. The maximum absolute atomic E-state index is 10.2. The van der Waals surface area contributed by atoms with Gasteiger partial charge in [0.1, 0.15) is 0 Å². The minimum absolute atomic E-state index is 0. The van der Waals surface area contributed by atoms with E-state index in [0.717, 1.165) is 13.0 Å². The van der Waals surface area contributed by atoms with Crippen LogP contribution in [-0.4, -0.2) is 87.5 Å². The normalized spacial score (nSPS) is 9.58. The number of hydrogen-bond acceptors (Lipinski definition) is 2. The van der Waals surface area contributed by atoms with Crippen molar-refractivity contribution in [3.8, 4) is 0 Å². The molecule has 0 saturated heterocycles. The van der Waals surface area contributed by atoms with E-state index >= 15 is 0 Å². The van der Waals surface area contributed by atoms with Gasteiger partial charge in [-0.3, -0.25) is 9.69 Å². The monoisotopic (exact) mass is 199 g/mol. The van der Waals surface area contributed by atoms with Gasteiger partial charge in [0, 0.05) is 0 Å². The predicted octanol–water partition coefficient (Wildman–Crippen LogP) is 0.544. The van der Waals surface area contributed by atoms with Gasteiger partial charge in [-0.05, 0) is 20.0 Å². The zero-order valence-corrected chi connectivity index (χ0v) is 7.34. The second-order valence-corrected chi connectivity index (χ2v) is 2.84. The Bertz CT molecular complexity index is 120. The van der Waals surface area contributed by atoms with Crippen LogP contribution in [0, 0.1) is 0 Å². The van der Waals surface area contributed by atoms with E-state index in [1.165, 1.54) is 12.8 Å². The molecule has 0 heterocycles. The van der Waals surface area contributed by atoms with Gasteiger partial charge in [0.05, 0.1) is 6.54 Å². The Labute approximate surface area is 117 Å². The van der Waals surface area contributed by atoms with Crippen molar-refractivity contribution in [2.24, 2.45) is 0 Å². The number of carbonyl (C=O) groups is 1. The van der Waals surface area contributed by atoms with Gasteiger partial charge in [-0.1, -0.05) is 19.8 Å². The van der Waals surface area contributed by atoms with Crippen molar-refractivity contribution in [2.75, 3.05) is 20.1 Å². The van der Waals surface area contributed by atoms with Crippen LogP contribution >= 0.6 is 0 Å². The quantitative estimate of drug-likeness (QED) is 0.501. The summed E-state index contributed by atoms with van der Waals surface area (Å²) in [4.78, 5) is 12.0. The second kappa shape index (κ2) is 10.1. The summed E-state index contributed by atoms with van der Waals surface area (Å²) in [6.07, 6.45) is 3.46. The molecule has 0 radical (unpaired) electrons. The van der Waals surface area contributed by atoms with Gasteiger partial charge in [-0.15, -0.1) is 0 Å².